The number of H-pyrrole nitrogens is 1. The van der Waals surface area contributed by atoms with E-state index in [0.29, 0.717) is 0 Å². The van der Waals surface area contributed by atoms with Crippen LogP contribution in [0.2, 0.25) is 0 Å². The first-order valence-corrected chi connectivity index (χ1v) is 14.8. The van der Waals surface area contributed by atoms with Crippen LogP contribution in [0.5, 0.6) is 5.75 Å². The minimum absolute atomic E-state index is 0.00425. The molecule has 2 aromatic heterocycles. The average molecular weight is 615 g/mol. The molecule has 2 unspecified atom stereocenters. The smallest absolute Gasteiger partial charge is 0.459 e. The molecule has 0 amide bonds. The van der Waals surface area contributed by atoms with Gasteiger partial charge in [0, 0.05) is 0 Å². The van der Waals surface area contributed by atoms with Crippen LogP contribution >= 0.6 is 7.75 Å². The van der Waals surface area contributed by atoms with E-state index in [4.69, 9.17) is 24.3 Å². The Morgan fingerprint density at radius 1 is 1.23 bits per heavy atom. The van der Waals surface area contributed by atoms with Gasteiger partial charge in [-0.2, -0.15) is 10.1 Å². The van der Waals surface area contributed by atoms with Gasteiger partial charge in [0.2, 0.25) is 5.95 Å². The molecule has 0 aliphatic carbocycles. The number of aliphatic hydroxyl groups is 2. The van der Waals surface area contributed by atoms with Gasteiger partial charge in [-0.15, -0.1) is 0 Å². The fourth-order valence-corrected chi connectivity index (χ4v) is 6.02. The highest BCUT2D eigenvalue weighted by molar-refractivity contribution is 7.52. The van der Waals surface area contributed by atoms with E-state index >= 15 is 0 Å². The Kier molecular flexibility index (Phi) is 8.64. The van der Waals surface area contributed by atoms with Crippen molar-refractivity contribution in [2.75, 3.05) is 12.3 Å². The third-order valence-electron chi connectivity index (χ3n) is 6.76. The molecule has 1 fully saturated rings. The summed E-state index contributed by atoms with van der Waals surface area (Å²) in [5, 5.41) is 24.7. The fraction of sp³-hybridized carbons (Fsp3) is 0.333. The number of aliphatic hydroxyl groups excluding tert-OH is 1. The summed E-state index contributed by atoms with van der Waals surface area (Å²) in [6.07, 6.45) is -2.88. The Morgan fingerprint density at radius 2 is 1.91 bits per heavy atom. The zero-order chi connectivity index (χ0) is 30.8. The van der Waals surface area contributed by atoms with Gasteiger partial charge in [-0.3, -0.25) is 23.7 Å². The van der Waals surface area contributed by atoms with Crippen LogP contribution < -0.4 is 20.9 Å². The normalized spacial score (nSPS) is 24.0. The number of para-hydroxylation sites is 1. The molecule has 0 spiro atoms. The lowest BCUT2D eigenvalue weighted by molar-refractivity contribution is -0.146. The third kappa shape index (κ3) is 6.62. The highest BCUT2D eigenvalue weighted by atomic mass is 31.2. The van der Waals surface area contributed by atoms with Crippen LogP contribution in [0.3, 0.4) is 0 Å². The molecule has 6 N–H and O–H groups in total. The Labute approximate surface area is 245 Å². The van der Waals surface area contributed by atoms with Crippen molar-refractivity contribution in [1.82, 2.24) is 24.6 Å². The number of nitrogen functional groups attached to an aromatic ring is 1. The van der Waals surface area contributed by atoms with Crippen molar-refractivity contribution in [3.8, 4) is 5.75 Å². The number of carbonyl (C=O) groups excluding carboxylic acids is 1. The lowest BCUT2D eigenvalue weighted by atomic mass is 9.96. The number of fused-ring (bicyclic) bond motifs is 1. The molecule has 5 rings (SSSR count). The van der Waals surface area contributed by atoms with Crippen LogP contribution in [0.1, 0.15) is 25.6 Å². The summed E-state index contributed by atoms with van der Waals surface area (Å²) in [7, 11) is -4.32. The standard InChI is InChI=1S/C27H31N6O9P/c1-16(24(36)39-13-17-9-5-3-6-10-17)32-43(38,42-18-11-7-4-8-12-18)40-14-19-21(34)27(2,37)25(41-19)33-15-29-20-22(33)30-26(28)31-23(20)35/h3-12,15-16,19,21,25,34,37H,13-14H2,1-2H3,(H,32,38)(H3,28,30,31,35)/t16-,19+,21-,25+,27?,43?/m0/s1. The van der Waals surface area contributed by atoms with Gasteiger partial charge in [0.1, 0.15) is 36.2 Å². The van der Waals surface area contributed by atoms with Gasteiger partial charge < -0.3 is 29.9 Å². The second-order valence-corrected chi connectivity index (χ2v) is 11.8. The predicted octanol–water partition coefficient (Wildman–Crippen LogP) is 1.64. The zero-order valence-corrected chi connectivity index (χ0v) is 24.1. The van der Waals surface area contributed by atoms with Crippen molar-refractivity contribution in [3.05, 3.63) is 82.9 Å². The minimum atomic E-state index is -4.32. The van der Waals surface area contributed by atoms with Gasteiger partial charge in [0.05, 0.1) is 12.9 Å². The second kappa shape index (κ2) is 12.2. The maximum absolute atomic E-state index is 13.9. The van der Waals surface area contributed by atoms with Crippen LogP contribution in [0, 0.1) is 0 Å². The predicted molar refractivity (Wildman–Crippen MR) is 153 cm³/mol. The van der Waals surface area contributed by atoms with Crippen LogP contribution in [0.25, 0.3) is 11.2 Å². The van der Waals surface area contributed by atoms with Crippen LogP contribution in [0.15, 0.2) is 71.8 Å². The van der Waals surface area contributed by atoms with Crippen molar-refractivity contribution in [2.45, 2.75) is 50.5 Å². The van der Waals surface area contributed by atoms with E-state index in [-0.39, 0.29) is 29.5 Å². The Morgan fingerprint density at radius 3 is 2.60 bits per heavy atom. The molecular formula is C27H31N6O9P. The largest absolute Gasteiger partial charge is 0.460 e. The summed E-state index contributed by atoms with van der Waals surface area (Å²) < 4.78 is 37.7. The number of nitrogens with zero attached hydrogens (tertiary/aromatic N) is 3. The number of hydrogen-bond donors (Lipinski definition) is 5. The fourth-order valence-electron chi connectivity index (χ4n) is 4.52. The van der Waals surface area contributed by atoms with Gasteiger partial charge in [0.25, 0.3) is 5.56 Å². The molecule has 6 atom stereocenters. The molecule has 15 nitrogen and oxygen atoms in total. The average Bonchev–Trinajstić information content (AvgIpc) is 3.49. The van der Waals surface area contributed by atoms with Crippen molar-refractivity contribution in [1.29, 1.82) is 0 Å². The number of aromatic amines is 1. The number of ether oxygens (including phenoxy) is 2. The highest BCUT2D eigenvalue weighted by Crippen LogP contribution is 2.47. The van der Waals surface area contributed by atoms with Crippen molar-refractivity contribution < 1.29 is 38.1 Å². The number of esters is 1. The molecule has 4 aromatic rings. The first-order chi connectivity index (χ1) is 20.5. The van der Waals surface area contributed by atoms with E-state index in [1.165, 1.54) is 24.7 Å². The molecule has 1 aliphatic heterocycles. The Hall–Kier alpha value is -4.11. The third-order valence-corrected chi connectivity index (χ3v) is 8.41. The minimum Gasteiger partial charge on any atom is -0.460 e. The zero-order valence-electron chi connectivity index (χ0n) is 23.2. The van der Waals surface area contributed by atoms with E-state index in [9.17, 15) is 24.4 Å². The number of benzene rings is 2. The summed E-state index contributed by atoms with van der Waals surface area (Å²) in [5.74, 6) is -0.711. The van der Waals surface area contributed by atoms with Gasteiger partial charge >= 0.3 is 13.7 Å². The first kappa shape index (κ1) is 30.4. The van der Waals surface area contributed by atoms with Crippen LogP contribution in [-0.2, 0) is 30.0 Å². The number of aromatic nitrogens is 4. The molecule has 1 saturated heterocycles. The van der Waals surface area contributed by atoms with Crippen molar-refractivity contribution in [3.63, 3.8) is 0 Å². The molecule has 2 aromatic carbocycles. The molecule has 0 radical (unpaired) electrons. The first-order valence-electron chi connectivity index (χ1n) is 13.2. The van der Waals surface area contributed by atoms with Gasteiger partial charge in [0.15, 0.2) is 17.4 Å². The molecule has 43 heavy (non-hydrogen) atoms. The van der Waals surface area contributed by atoms with Gasteiger partial charge in [-0.25, -0.2) is 9.55 Å². The SMILES string of the molecule is C[C@H](NP(=O)(OC[C@H]1O[C@@H](n2cnc3c(=O)[nH]c(N)nc32)C(C)(O)[C@H]1O)Oc1ccccc1)C(=O)OCc1ccccc1. The summed E-state index contributed by atoms with van der Waals surface area (Å²) in [4.78, 5) is 35.3. The monoisotopic (exact) mass is 614 g/mol. The number of nitrogens with one attached hydrogen (secondary N) is 2. The molecule has 16 heteroatoms. The Balaban J connectivity index is 1.32. The molecule has 3 heterocycles. The number of hydrogen-bond acceptors (Lipinski definition) is 12. The van der Waals surface area contributed by atoms with Gasteiger partial charge in [-0.1, -0.05) is 48.5 Å². The summed E-state index contributed by atoms with van der Waals surface area (Å²) in [5.41, 5.74) is 3.87. The molecule has 228 valence electrons. The lowest BCUT2D eigenvalue weighted by Gasteiger charge is -2.27. The second-order valence-electron chi connectivity index (χ2n) is 10.1. The number of rotatable bonds is 11. The number of anilines is 1. The molecule has 0 bridgehead atoms. The van der Waals surface area contributed by atoms with Crippen LogP contribution in [-0.4, -0.2) is 66.2 Å². The van der Waals surface area contributed by atoms with Crippen LogP contribution in [0.4, 0.5) is 5.95 Å². The van der Waals surface area contributed by atoms with E-state index in [2.05, 4.69) is 20.0 Å². The number of nitrogens with two attached hydrogens (primary N) is 1. The van der Waals surface area contributed by atoms with Crippen molar-refractivity contribution >= 4 is 30.8 Å². The van der Waals surface area contributed by atoms with E-state index in [0.717, 1.165) is 5.56 Å². The topological polar surface area (TPSA) is 213 Å². The molecule has 0 saturated carbocycles. The molecule has 1 aliphatic rings. The van der Waals surface area contributed by atoms with E-state index < -0.39 is 56.0 Å². The number of carbonyl (C=O) groups is 1. The quantitative estimate of drug-likeness (QED) is 0.120. The number of imidazole rings is 1. The maximum Gasteiger partial charge on any atom is 0.459 e. The Bertz CT molecular complexity index is 1680. The van der Waals surface area contributed by atoms with Gasteiger partial charge in [-0.05, 0) is 31.5 Å². The van der Waals surface area contributed by atoms with E-state index in [1.54, 1.807) is 42.5 Å². The maximum atomic E-state index is 13.9. The summed E-state index contributed by atoms with van der Waals surface area (Å²) >= 11 is 0. The lowest BCUT2D eigenvalue weighted by Crippen LogP contribution is -2.44. The summed E-state index contributed by atoms with van der Waals surface area (Å²) in [6.45, 7) is 2.21. The summed E-state index contributed by atoms with van der Waals surface area (Å²) in [6, 6.07) is 16.0. The van der Waals surface area contributed by atoms with Crippen molar-refractivity contribution in [2.24, 2.45) is 0 Å². The van der Waals surface area contributed by atoms with E-state index in [1.807, 2.05) is 18.2 Å². The molecular weight excluding hydrogens is 583 g/mol. The highest BCUT2D eigenvalue weighted by Gasteiger charge is 2.54.